The van der Waals surface area contributed by atoms with Gasteiger partial charge in [0.05, 0.1) is 11.2 Å². The van der Waals surface area contributed by atoms with Crippen LogP contribution in [0.25, 0.3) is 10.9 Å². The van der Waals surface area contributed by atoms with E-state index in [1.807, 2.05) is 17.8 Å². The molecule has 0 radical (unpaired) electrons. The molecule has 0 N–H and O–H groups in total. The molecule has 4 heteroatoms. The van der Waals surface area contributed by atoms with Crippen LogP contribution in [-0.2, 0) is 18.2 Å². The lowest BCUT2D eigenvalue weighted by Crippen LogP contribution is -1.95. The molecule has 0 spiro atoms. The summed E-state index contributed by atoms with van der Waals surface area (Å²) in [5, 5.41) is 5.77. The molecule has 16 heavy (non-hydrogen) atoms. The largest absolute Gasteiger partial charge is 0.385 e. The van der Waals surface area contributed by atoms with Crippen molar-refractivity contribution >= 4 is 26.8 Å². The smallest absolute Gasteiger partial charge is 0.0704 e. The maximum atomic E-state index is 5.06. The predicted molar refractivity (Wildman–Crippen MR) is 68.6 cm³/mol. The van der Waals surface area contributed by atoms with Gasteiger partial charge >= 0.3 is 0 Å². The summed E-state index contributed by atoms with van der Waals surface area (Å²) in [5.41, 5.74) is 2.33. The molecule has 0 aliphatic heterocycles. The van der Waals surface area contributed by atoms with Gasteiger partial charge in [0, 0.05) is 30.6 Å². The number of aryl methyl sites for hydroxylation is 2. The van der Waals surface area contributed by atoms with E-state index in [9.17, 15) is 0 Å². The topological polar surface area (TPSA) is 27.1 Å². The molecule has 0 fully saturated rings. The number of aromatic nitrogens is 2. The van der Waals surface area contributed by atoms with Crippen LogP contribution in [0.2, 0.25) is 0 Å². The molecule has 0 aliphatic carbocycles. The van der Waals surface area contributed by atoms with Crippen LogP contribution in [0, 0.1) is 0 Å². The number of halogens is 1. The van der Waals surface area contributed by atoms with Crippen LogP contribution < -0.4 is 0 Å². The molecule has 2 rings (SSSR count). The van der Waals surface area contributed by atoms with Gasteiger partial charge in [-0.1, -0.05) is 15.9 Å². The van der Waals surface area contributed by atoms with E-state index in [1.54, 1.807) is 7.11 Å². The fraction of sp³-hybridized carbons (Fsp3) is 0.417. The summed E-state index contributed by atoms with van der Waals surface area (Å²) in [6.45, 7) is 0.784. The average Bonchev–Trinajstić information content (AvgIpc) is 2.56. The minimum Gasteiger partial charge on any atom is -0.385 e. The zero-order valence-corrected chi connectivity index (χ0v) is 11.1. The van der Waals surface area contributed by atoms with E-state index in [4.69, 9.17) is 4.74 Å². The molecule has 1 aromatic heterocycles. The van der Waals surface area contributed by atoms with Crippen LogP contribution in [0.3, 0.4) is 0 Å². The minimum atomic E-state index is 0.784. The number of hydrogen-bond acceptors (Lipinski definition) is 2. The second-order valence-electron chi connectivity index (χ2n) is 3.83. The number of methoxy groups -OCH3 is 1. The van der Waals surface area contributed by atoms with Crippen LogP contribution in [0.5, 0.6) is 0 Å². The first-order valence-electron chi connectivity index (χ1n) is 5.32. The van der Waals surface area contributed by atoms with Crippen molar-refractivity contribution in [3.05, 3.63) is 28.4 Å². The lowest BCUT2D eigenvalue weighted by Gasteiger charge is -1.97. The van der Waals surface area contributed by atoms with Crippen LogP contribution in [-0.4, -0.2) is 23.5 Å². The number of benzene rings is 1. The van der Waals surface area contributed by atoms with Crippen molar-refractivity contribution in [1.29, 1.82) is 0 Å². The molecule has 0 amide bonds. The van der Waals surface area contributed by atoms with Gasteiger partial charge in [0.2, 0.25) is 0 Å². The van der Waals surface area contributed by atoms with Crippen LogP contribution in [0.1, 0.15) is 12.1 Å². The molecule has 0 saturated heterocycles. The van der Waals surface area contributed by atoms with Crippen molar-refractivity contribution in [2.24, 2.45) is 7.05 Å². The van der Waals surface area contributed by atoms with Crippen molar-refractivity contribution in [3.8, 4) is 0 Å². The Labute approximate surface area is 104 Å². The molecule has 0 atom stereocenters. The van der Waals surface area contributed by atoms with E-state index in [2.05, 4.69) is 33.2 Å². The Bertz CT molecular complexity index is 493. The zero-order valence-electron chi connectivity index (χ0n) is 9.53. The van der Waals surface area contributed by atoms with Crippen molar-refractivity contribution in [2.45, 2.75) is 12.8 Å². The van der Waals surface area contributed by atoms with Crippen LogP contribution >= 0.6 is 15.9 Å². The van der Waals surface area contributed by atoms with Gasteiger partial charge in [-0.3, -0.25) is 4.68 Å². The standard InChI is InChI=1S/C12H15BrN2O/c1-15-12-6-5-9(13)8-10(12)11(14-15)4-3-7-16-2/h5-6,8H,3-4,7H2,1-2H3. The van der Waals surface area contributed by atoms with Crippen molar-refractivity contribution in [2.75, 3.05) is 13.7 Å². The van der Waals surface area contributed by atoms with Crippen molar-refractivity contribution in [1.82, 2.24) is 9.78 Å². The molecule has 2 aromatic rings. The summed E-state index contributed by atoms with van der Waals surface area (Å²) in [6, 6.07) is 6.26. The van der Waals surface area contributed by atoms with Crippen molar-refractivity contribution < 1.29 is 4.74 Å². The first-order valence-corrected chi connectivity index (χ1v) is 6.11. The molecule has 1 heterocycles. The van der Waals surface area contributed by atoms with E-state index in [0.29, 0.717) is 0 Å². The Balaban J connectivity index is 2.33. The lowest BCUT2D eigenvalue weighted by molar-refractivity contribution is 0.195. The molecule has 0 unspecified atom stereocenters. The van der Waals surface area contributed by atoms with Crippen LogP contribution in [0.4, 0.5) is 0 Å². The Hall–Kier alpha value is -0.870. The van der Waals surface area contributed by atoms with Gasteiger partial charge in [-0.05, 0) is 31.0 Å². The molecule has 0 saturated carbocycles. The van der Waals surface area contributed by atoms with E-state index in [0.717, 1.165) is 29.6 Å². The summed E-state index contributed by atoms with van der Waals surface area (Å²) < 4.78 is 8.09. The summed E-state index contributed by atoms with van der Waals surface area (Å²) in [6.07, 6.45) is 1.97. The fourth-order valence-corrected chi connectivity index (χ4v) is 2.24. The van der Waals surface area contributed by atoms with Crippen molar-refractivity contribution in [3.63, 3.8) is 0 Å². The average molecular weight is 283 g/mol. The third-order valence-corrected chi connectivity index (χ3v) is 3.14. The first kappa shape index (κ1) is 11.6. The molecular formula is C12H15BrN2O. The highest BCUT2D eigenvalue weighted by molar-refractivity contribution is 9.10. The first-order chi connectivity index (χ1) is 7.72. The fourth-order valence-electron chi connectivity index (χ4n) is 1.88. The number of hydrogen-bond donors (Lipinski definition) is 0. The highest BCUT2D eigenvalue weighted by atomic mass is 79.9. The van der Waals surface area contributed by atoms with Crippen LogP contribution in [0.15, 0.2) is 22.7 Å². The Morgan fingerprint density at radius 3 is 3.00 bits per heavy atom. The SMILES string of the molecule is COCCCc1nn(C)c2ccc(Br)cc12. The quantitative estimate of drug-likeness (QED) is 0.807. The number of fused-ring (bicyclic) bond motifs is 1. The lowest BCUT2D eigenvalue weighted by atomic mass is 10.1. The number of ether oxygens (including phenoxy) is 1. The summed E-state index contributed by atoms with van der Waals surface area (Å²) in [7, 11) is 3.71. The van der Waals surface area contributed by atoms with Gasteiger partial charge in [-0.2, -0.15) is 5.10 Å². The third-order valence-electron chi connectivity index (χ3n) is 2.65. The van der Waals surface area contributed by atoms with E-state index >= 15 is 0 Å². The second-order valence-corrected chi connectivity index (χ2v) is 4.74. The highest BCUT2D eigenvalue weighted by Gasteiger charge is 2.08. The summed E-state index contributed by atoms with van der Waals surface area (Å²) >= 11 is 3.50. The molecule has 3 nitrogen and oxygen atoms in total. The second kappa shape index (κ2) is 4.97. The van der Waals surface area contributed by atoms with Gasteiger partial charge in [0.25, 0.3) is 0 Å². The normalized spacial score (nSPS) is 11.2. The van der Waals surface area contributed by atoms with Gasteiger partial charge < -0.3 is 4.74 Å². The number of nitrogens with zero attached hydrogens (tertiary/aromatic N) is 2. The maximum absolute atomic E-state index is 5.06. The van der Waals surface area contributed by atoms with Gasteiger partial charge in [-0.25, -0.2) is 0 Å². The summed E-state index contributed by atoms with van der Waals surface area (Å²) in [4.78, 5) is 0. The van der Waals surface area contributed by atoms with E-state index in [-0.39, 0.29) is 0 Å². The Morgan fingerprint density at radius 1 is 1.44 bits per heavy atom. The molecular weight excluding hydrogens is 268 g/mol. The Morgan fingerprint density at radius 2 is 2.25 bits per heavy atom. The maximum Gasteiger partial charge on any atom is 0.0704 e. The van der Waals surface area contributed by atoms with E-state index in [1.165, 1.54) is 10.9 Å². The Kier molecular flexibility index (Phi) is 3.61. The molecule has 0 bridgehead atoms. The van der Waals surface area contributed by atoms with E-state index < -0.39 is 0 Å². The molecule has 1 aromatic carbocycles. The summed E-state index contributed by atoms with van der Waals surface area (Å²) in [5.74, 6) is 0. The molecule has 86 valence electrons. The monoisotopic (exact) mass is 282 g/mol. The van der Waals surface area contributed by atoms with Gasteiger partial charge in [0.1, 0.15) is 0 Å². The van der Waals surface area contributed by atoms with Gasteiger partial charge in [0.15, 0.2) is 0 Å². The zero-order chi connectivity index (χ0) is 11.5. The third kappa shape index (κ3) is 2.28. The molecule has 0 aliphatic rings. The minimum absolute atomic E-state index is 0.784. The predicted octanol–water partition coefficient (Wildman–Crippen LogP) is 2.91. The highest BCUT2D eigenvalue weighted by Crippen LogP contribution is 2.23. The van der Waals surface area contributed by atoms with Gasteiger partial charge in [-0.15, -0.1) is 0 Å². The number of rotatable bonds is 4.